The molecule has 4 aromatic rings. The van der Waals surface area contributed by atoms with Gasteiger partial charge in [-0.2, -0.15) is 0 Å². The molecule has 1 heterocycles. The average molecular weight is 880 g/mol. The molecule has 1 amide bonds. The Morgan fingerprint density at radius 2 is 1.74 bits per heavy atom. The Morgan fingerprint density at radius 3 is 2.46 bits per heavy atom. The van der Waals surface area contributed by atoms with E-state index >= 15 is 0 Å². The van der Waals surface area contributed by atoms with Crippen LogP contribution in [0, 0.1) is 15.5 Å². The predicted molar refractivity (Wildman–Crippen MR) is 229 cm³/mol. The number of fused-ring (bicyclic) bond motifs is 1. The highest BCUT2D eigenvalue weighted by atomic mass is 35.5. The molecule has 0 spiro atoms. The molecule has 2 aliphatic carbocycles. The number of carbonyl (C=O) groups excluding carboxylic acids is 1. The fourth-order valence-corrected chi connectivity index (χ4v) is 9.02. The number of rotatable bonds is 14. The molecule has 0 radical (unpaired) electrons. The highest BCUT2D eigenvalue weighted by Gasteiger charge is 2.31. The van der Waals surface area contributed by atoms with Gasteiger partial charge in [0, 0.05) is 67.7 Å². The largest absolute Gasteiger partial charge is 0.522 e. The molecule has 17 heteroatoms. The van der Waals surface area contributed by atoms with E-state index in [4.69, 9.17) is 16.3 Å². The van der Waals surface area contributed by atoms with Crippen molar-refractivity contribution >= 4 is 56.2 Å². The van der Waals surface area contributed by atoms with Crippen molar-refractivity contribution in [1.82, 2.24) is 9.62 Å². The van der Waals surface area contributed by atoms with Crippen LogP contribution in [0.25, 0.3) is 11.6 Å². The number of nitro benzene ring substituents is 1. The Bertz CT molecular complexity index is 2490. The van der Waals surface area contributed by atoms with Crippen LogP contribution in [0.3, 0.4) is 0 Å². The molecular formula is C44H45ClF3N5O7S. The summed E-state index contributed by atoms with van der Waals surface area (Å²) in [6, 6.07) is 21.3. The van der Waals surface area contributed by atoms with E-state index in [0.717, 1.165) is 67.8 Å². The van der Waals surface area contributed by atoms with E-state index in [-0.39, 0.29) is 22.4 Å². The molecule has 1 aliphatic heterocycles. The number of halogens is 4. The van der Waals surface area contributed by atoms with E-state index in [0.29, 0.717) is 36.3 Å². The molecule has 1 fully saturated rings. The maximum absolute atomic E-state index is 13.9. The summed E-state index contributed by atoms with van der Waals surface area (Å²) in [6.07, 6.45) is 2.86. The number of ether oxygens (including phenoxy) is 2. The van der Waals surface area contributed by atoms with Gasteiger partial charge in [-0.3, -0.25) is 24.5 Å². The van der Waals surface area contributed by atoms with Gasteiger partial charge in [0.05, 0.1) is 22.0 Å². The number of anilines is 2. The van der Waals surface area contributed by atoms with Crippen LogP contribution in [-0.2, 0) is 21.2 Å². The zero-order chi connectivity index (χ0) is 43.5. The molecule has 0 saturated carbocycles. The molecule has 4 aromatic carbocycles. The van der Waals surface area contributed by atoms with Crippen molar-refractivity contribution in [3.63, 3.8) is 0 Å². The maximum atomic E-state index is 13.9. The fourth-order valence-electron chi connectivity index (χ4n) is 7.91. The number of nitrogens with zero attached hydrogens (tertiary/aromatic N) is 3. The van der Waals surface area contributed by atoms with Crippen molar-refractivity contribution in [2.75, 3.05) is 56.1 Å². The highest BCUT2D eigenvalue weighted by Crippen LogP contribution is 2.44. The number of nitro groups is 1. The van der Waals surface area contributed by atoms with Crippen molar-refractivity contribution in [1.29, 1.82) is 0 Å². The summed E-state index contributed by atoms with van der Waals surface area (Å²) < 4.78 is 76.3. The van der Waals surface area contributed by atoms with E-state index in [1.807, 2.05) is 41.1 Å². The van der Waals surface area contributed by atoms with Gasteiger partial charge in [-0.15, -0.1) is 13.2 Å². The number of allylic oxidation sites excluding steroid dienone is 2. The first-order chi connectivity index (χ1) is 28.9. The minimum absolute atomic E-state index is 0.0927. The summed E-state index contributed by atoms with van der Waals surface area (Å²) in [6.45, 7) is 7.14. The second-order valence-corrected chi connectivity index (χ2v) is 18.1. The Labute approximate surface area is 357 Å². The molecular weight excluding hydrogens is 835 g/mol. The molecule has 0 unspecified atom stereocenters. The molecule has 0 bridgehead atoms. The Hall–Kier alpha value is -5.42. The third-order valence-electron chi connectivity index (χ3n) is 11.1. The van der Waals surface area contributed by atoms with Crippen LogP contribution in [0.15, 0.2) is 95.4 Å². The summed E-state index contributed by atoms with van der Waals surface area (Å²) in [5.41, 5.74) is 5.81. The monoisotopic (exact) mass is 879 g/mol. The lowest BCUT2D eigenvalue weighted by Gasteiger charge is -2.39. The van der Waals surface area contributed by atoms with Crippen LogP contribution in [0.5, 0.6) is 11.5 Å². The number of amides is 1. The number of alkyl halides is 3. The van der Waals surface area contributed by atoms with Crippen LogP contribution in [-0.4, -0.2) is 76.4 Å². The van der Waals surface area contributed by atoms with Gasteiger partial charge in [0.2, 0.25) is 0 Å². The SMILES string of the molecule is CC1(C)CCC(CN2CCN(c3ccc(C(=O)NS(=O)(=O)c4ccc(NCCOC(F)(F)F)c([N+](=O)[O-])c4)c(Oc4cccc5c4C=CC5)c3)CC2)=C(c2ccc(Cl)cc2)C1. The standard InChI is InChI=1S/C44H45ClF3N5O7S/c1-43(2)18-17-31(37(27-43)30-9-11-32(45)12-10-30)28-51-20-22-52(23-21-51)33-13-15-36(41(25-33)60-40-8-4-6-29-5-3-7-35(29)40)42(54)50-61(57,58)34-14-16-38(39(26-34)53(55)56)49-19-24-59-44(46,47)48/h3-4,6-16,25-26,49H,5,17-24,27-28H2,1-2H3,(H,50,54). The van der Waals surface area contributed by atoms with Gasteiger partial charge in [0.1, 0.15) is 17.2 Å². The number of sulfonamides is 1. The first-order valence-electron chi connectivity index (χ1n) is 19.8. The molecule has 7 rings (SSSR count). The summed E-state index contributed by atoms with van der Waals surface area (Å²) in [5, 5.41) is 15.0. The molecule has 1 saturated heterocycles. The summed E-state index contributed by atoms with van der Waals surface area (Å²) in [4.78, 5) is 28.8. The lowest BCUT2D eigenvalue weighted by molar-refractivity contribution is -0.384. The number of piperazine rings is 1. The number of hydrogen-bond donors (Lipinski definition) is 2. The molecule has 0 aromatic heterocycles. The molecule has 61 heavy (non-hydrogen) atoms. The lowest BCUT2D eigenvalue weighted by atomic mass is 9.72. The minimum Gasteiger partial charge on any atom is -0.456 e. The lowest BCUT2D eigenvalue weighted by Crippen LogP contribution is -2.47. The van der Waals surface area contributed by atoms with Gasteiger partial charge in [-0.25, -0.2) is 13.1 Å². The van der Waals surface area contributed by atoms with Crippen LogP contribution >= 0.6 is 11.6 Å². The zero-order valence-electron chi connectivity index (χ0n) is 33.6. The number of benzene rings is 4. The van der Waals surface area contributed by atoms with Gasteiger partial charge in [0.25, 0.3) is 21.6 Å². The first kappa shape index (κ1) is 43.7. The molecule has 12 nitrogen and oxygen atoms in total. The van der Waals surface area contributed by atoms with Gasteiger partial charge in [-0.05, 0) is 90.3 Å². The van der Waals surface area contributed by atoms with Gasteiger partial charge >= 0.3 is 6.36 Å². The van der Waals surface area contributed by atoms with Crippen LogP contribution in [0.4, 0.5) is 30.2 Å². The van der Waals surface area contributed by atoms with Gasteiger partial charge < -0.3 is 15.0 Å². The van der Waals surface area contributed by atoms with Gasteiger partial charge in [-0.1, -0.05) is 67.4 Å². The molecule has 322 valence electrons. The topological polar surface area (TPSA) is 143 Å². The van der Waals surface area contributed by atoms with Crippen molar-refractivity contribution in [3.05, 3.63) is 128 Å². The Morgan fingerprint density at radius 1 is 0.984 bits per heavy atom. The normalized spacial score (nSPS) is 16.7. The molecule has 3 aliphatic rings. The van der Waals surface area contributed by atoms with E-state index in [1.54, 1.807) is 18.2 Å². The maximum Gasteiger partial charge on any atom is 0.522 e. The van der Waals surface area contributed by atoms with Gasteiger partial charge in [0.15, 0.2) is 0 Å². The average Bonchev–Trinajstić information content (AvgIpc) is 3.70. The number of nitrogens with one attached hydrogen (secondary N) is 2. The Balaban J connectivity index is 1.10. The van der Waals surface area contributed by atoms with Crippen LogP contribution in [0.2, 0.25) is 5.02 Å². The second kappa shape index (κ2) is 17.9. The minimum atomic E-state index is -4.89. The molecule has 2 N–H and O–H groups in total. The zero-order valence-corrected chi connectivity index (χ0v) is 35.1. The quantitative estimate of drug-likeness (QED) is 0.0715. The van der Waals surface area contributed by atoms with Crippen LogP contribution < -0.4 is 19.7 Å². The second-order valence-electron chi connectivity index (χ2n) is 16.0. The first-order valence-corrected chi connectivity index (χ1v) is 21.7. The highest BCUT2D eigenvalue weighted by molar-refractivity contribution is 7.90. The predicted octanol–water partition coefficient (Wildman–Crippen LogP) is 9.46. The summed E-state index contributed by atoms with van der Waals surface area (Å²) in [5.74, 6) is -0.454. The van der Waals surface area contributed by atoms with Crippen molar-refractivity contribution in [3.8, 4) is 11.5 Å². The summed E-state index contributed by atoms with van der Waals surface area (Å²) in [7, 11) is -4.70. The van der Waals surface area contributed by atoms with Crippen molar-refractivity contribution in [2.45, 2.75) is 50.8 Å². The smallest absolute Gasteiger partial charge is 0.456 e. The third kappa shape index (κ3) is 10.7. The van der Waals surface area contributed by atoms with E-state index in [9.17, 15) is 36.5 Å². The fraction of sp³-hybridized carbons (Fsp3) is 0.341. The number of hydrogen-bond acceptors (Lipinski definition) is 10. The van der Waals surface area contributed by atoms with Crippen molar-refractivity contribution in [2.24, 2.45) is 5.41 Å². The molecule has 0 atom stereocenters. The Kier molecular flexibility index (Phi) is 12.8. The number of carbonyl (C=O) groups is 1. The van der Waals surface area contributed by atoms with E-state index in [2.05, 4.69) is 45.8 Å². The van der Waals surface area contributed by atoms with E-state index < -0.39 is 51.0 Å². The van der Waals surface area contributed by atoms with Crippen molar-refractivity contribution < 1.29 is 40.8 Å². The summed E-state index contributed by atoms with van der Waals surface area (Å²) >= 11 is 6.22. The third-order valence-corrected chi connectivity index (χ3v) is 12.7. The van der Waals surface area contributed by atoms with Crippen LogP contribution in [0.1, 0.15) is 60.2 Å². The van der Waals surface area contributed by atoms with E-state index in [1.165, 1.54) is 22.8 Å².